The van der Waals surface area contributed by atoms with E-state index < -0.39 is 18.0 Å². The van der Waals surface area contributed by atoms with Crippen LogP contribution in [0.25, 0.3) is 0 Å². The molecule has 1 aromatic rings. The molecule has 0 heterocycles. The van der Waals surface area contributed by atoms with Gasteiger partial charge in [-0.3, -0.25) is 4.79 Å². The van der Waals surface area contributed by atoms with Crippen LogP contribution in [-0.2, 0) is 4.74 Å². The first-order valence-corrected chi connectivity index (χ1v) is 6.91. The highest BCUT2D eigenvalue weighted by atomic mass is 79.9. The molecule has 1 N–H and O–H groups in total. The average molecular weight is 397 g/mol. The van der Waals surface area contributed by atoms with Gasteiger partial charge in [-0.1, -0.05) is 18.2 Å². The molecule has 0 saturated heterocycles. The molecule has 1 amide bonds. The lowest BCUT2D eigenvalue weighted by Gasteiger charge is -2.08. The molecule has 22 heavy (non-hydrogen) atoms. The Bertz CT molecular complexity index is 627. The van der Waals surface area contributed by atoms with E-state index in [4.69, 9.17) is 11.6 Å². The van der Waals surface area contributed by atoms with Crippen molar-refractivity contribution in [3.63, 3.8) is 0 Å². The minimum atomic E-state index is -4.80. The Hall–Kier alpha value is -1.73. The number of carbonyl (C=O) groups excluding carboxylic acids is 1. The highest BCUT2D eigenvalue weighted by molar-refractivity contribution is 9.10. The first kappa shape index (κ1) is 18.3. The number of hydrogen-bond acceptors (Lipinski definition) is 2. The van der Waals surface area contributed by atoms with Gasteiger partial charge in [0.2, 0.25) is 0 Å². The second-order valence-corrected chi connectivity index (χ2v) is 5.04. The summed E-state index contributed by atoms with van der Waals surface area (Å²) >= 11 is 8.98. The number of allylic oxidation sites excluding steroid dienone is 3. The number of nitrogens with one attached hydrogen (secondary N) is 1. The van der Waals surface area contributed by atoms with Crippen LogP contribution < -0.4 is 5.32 Å². The molecule has 0 radical (unpaired) electrons. The van der Waals surface area contributed by atoms with Gasteiger partial charge >= 0.3 is 6.36 Å². The summed E-state index contributed by atoms with van der Waals surface area (Å²) < 4.78 is 40.2. The fraction of sp³-hybridized carbons (Fsp3) is 0.0714. The van der Waals surface area contributed by atoms with E-state index in [1.54, 1.807) is 0 Å². The van der Waals surface area contributed by atoms with Crippen molar-refractivity contribution in [1.29, 1.82) is 0 Å². The standard InChI is InChI=1S/C14H10BrClF3NO2/c1-2-10(22-14(17,18)19)4-3-7-20-13(21)9-5-6-12(16)11(15)8-9/h2-8H,1H2,(H,20,21)/b7-3+,10-4+. The van der Waals surface area contributed by atoms with Gasteiger partial charge in [0, 0.05) is 16.2 Å². The van der Waals surface area contributed by atoms with Crippen LogP contribution in [0.4, 0.5) is 13.2 Å². The topological polar surface area (TPSA) is 38.3 Å². The normalized spacial score (nSPS) is 12.3. The van der Waals surface area contributed by atoms with Crippen molar-refractivity contribution in [2.45, 2.75) is 6.36 Å². The van der Waals surface area contributed by atoms with E-state index >= 15 is 0 Å². The Kier molecular flexibility index (Phi) is 6.70. The van der Waals surface area contributed by atoms with E-state index in [1.807, 2.05) is 0 Å². The molecule has 0 unspecified atom stereocenters. The first-order chi connectivity index (χ1) is 10.2. The van der Waals surface area contributed by atoms with Gasteiger partial charge in [-0.15, -0.1) is 13.2 Å². The van der Waals surface area contributed by atoms with Crippen molar-refractivity contribution in [2.24, 2.45) is 0 Å². The van der Waals surface area contributed by atoms with Crippen LogP contribution in [0.15, 0.2) is 59.4 Å². The van der Waals surface area contributed by atoms with Crippen molar-refractivity contribution in [3.8, 4) is 0 Å². The maximum absolute atomic E-state index is 12.0. The van der Waals surface area contributed by atoms with E-state index in [2.05, 4.69) is 32.6 Å². The van der Waals surface area contributed by atoms with Gasteiger partial charge < -0.3 is 10.1 Å². The van der Waals surface area contributed by atoms with Gasteiger partial charge in [-0.2, -0.15) is 0 Å². The Morgan fingerprint density at radius 3 is 2.64 bits per heavy atom. The summed E-state index contributed by atoms with van der Waals surface area (Å²) in [5.74, 6) is -0.939. The summed E-state index contributed by atoms with van der Waals surface area (Å²) in [5, 5.41) is 2.84. The monoisotopic (exact) mass is 395 g/mol. The second kappa shape index (κ2) is 8.05. The molecule has 0 aliphatic rings. The van der Waals surface area contributed by atoms with Gasteiger partial charge in [-0.05, 0) is 52.4 Å². The van der Waals surface area contributed by atoms with Crippen LogP contribution in [0.2, 0.25) is 5.02 Å². The molecule has 0 saturated carbocycles. The van der Waals surface area contributed by atoms with E-state index in [9.17, 15) is 18.0 Å². The number of amides is 1. The summed E-state index contributed by atoms with van der Waals surface area (Å²) in [6, 6.07) is 4.56. The maximum atomic E-state index is 12.0. The van der Waals surface area contributed by atoms with Crippen LogP contribution in [0, 0.1) is 0 Å². The van der Waals surface area contributed by atoms with Gasteiger partial charge in [0.15, 0.2) is 0 Å². The Labute approximate surface area is 138 Å². The van der Waals surface area contributed by atoms with Crippen LogP contribution in [0.3, 0.4) is 0 Å². The van der Waals surface area contributed by atoms with Crippen LogP contribution in [0.5, 0.6) is 0 Å². The third-order valence-corrected chi connectivity index (χ3v) is 3.40. The lowest BCUT2D eigenvalue weighted by Crippen LogP contribution is -2.16. The summed E-state index contributed by atoms with van der Waals surface area (Å²) in [5.41, 5.74) is 0.334. The lowest BCUT2D eigenvalue weighted by atomic mass is 10.2. The van der Waals surface area contributed by atoms with E-state index in [0.717, 1.165) is 12.2 Å². The number of halogens is 5. The summed E-state index contributed by atoms with van der Waals surface area (Å²) in [6.07, 6.45) is -0.527. The third kappa shape index (κ3) is 6.36. The summed E-state index contributed by atoms with van der Waals surface area (Å²) in [6.45, 7) is 3.19. The number of hydrogen-bond donors (Lipinski definition) is 1. The molecule has 1 aromatic carbocycles. The molecular weight excluding hydrogens is 387 g/mol. The van der Waals surface area contributed by atoms with E-state index in [1.165, 1.54) is 30.5 Å². The number of ether oxygens (including phenoxy) is 1. The number of carbonyl (C=O) groups is 1. The maximum Gasteiger partial charge on any atom is 0.573 e. The smallest absolute Gasteiger partial charge is 0.406 e. The summed E-state index contributed by atoms with van der Waals surface area (Å²) in [7, 11) is 0. The third-order valence-electron chi connectivity index (χ3n) is 2.19. The van der Waals surface area contributed by atoms with Crippen molar-refractivity contribution >= 4 is 33.4 Å². The molecule has 3 nitrogen and oxygen atoms in total. The second-order valence-electron chi connectivity index (χ2n) is 3.78. The predicted molar refractivity (Wildman–Crippen MR) is 81.2 cm³/mol. The largest absolute Gasteiger partial charge is 0.573 e. The van der Waals surface area contributed by atoms with Crippen molar-refractivity contribution in [2.75, 3.05) is 0 Å². The van der Waals surface area contributed by atoms with Crippen LogP contribution in [0.1, 0.15) is 10.4 Å². The Morgan fingerprint density at radius 1 is 1.41 bits per heavy atom. The Balaban J connectivity index is 2.66. The zero-order chi connectivity index (χ0) is 16.8. The number of rotatable bonds is 5. The van der Waals surface area contributed by atoms with Crippen molar-refractivity contribution in [3.05, 3.63) is 70.0 Å². The minimum Gasteiger partial charge on any atom is -0.406 e. The highest BCUT2D eigenvalue weighted by Crippen LogP contribution is 2.23. The molecule has 0 bridgehead atoms. The molecule has 0 atom stereocenters. The predicted octanol–water partition coefficient (Wildman–Crippen LogP) is 4.95. The fourth-order valence-corrected chi connectivity index (χ4v) is 1.76. The zero-order valence-corrected chi connectivity index (χ0v) is 13.3. The highest BCUT2D eigenvalue weighted by Gasteiger charge is 2.31. The fourth-order valence-electron chi connectivity index (χ4n) is 1.26. The molecule has 0 aromatic heterocycles. The number of benzene rings is 1. The van der Waals surface area contributed by atoms with Gasteiger partial charge in [-0.25, -0.2) is 0 Å². The molecule has 0 aliphatic carbocycles. The van der Waals surface area contributed by atoms with Gasteiger partial charge in [0.1, 0.15) is 5.76 Å². The molecule has 0 aliphatic heterocycles. The van der Waals surface area contributed by atoms with Crippen molar-refractivity contribution in [1.82, 2.24) is 5.32 Å². The molecule has 1 rings (SSSR count). The number of alkyl halides is 3. The average Bonchev–Trinajstić information content (AvgIpc) is 2.43. The first-order valence-electron chi connectivity index (χ1n) is 5.74. The van der Waals surface area contributed by atoms with E-state index in [0.29, 0.717) is 15.1 Å². The van der Waals surface area contributed by atoms with Crippen LogP contribution >= 0.6 is 27.5 Å². The van der Waals surface area contributed by atoms with Crippen molar-refractivity contribution < 1.29 is 22.7 Å². The molecule has 0 fully saturated rings. The van der Waals surface area contributed by atoms with Crippen LogP contribution in [-0.4, -0.2) is 12.3 Å². The molecular formula is C14H10BrClF3NO2. The Morgan fingerprint density at radius 2 is 2.09 bits per heavy atom. The minimum absolute atomic E-state index is 0.334. The zero-order valence-electron chi connectivity index (χ0n) is 11.0. The molecule has 118 valence electrons. The lowest BCUT2D eigenvalue weighted by molar-refractivity contribution is -0.303. The molecule has 0 spiro atoms. The SMILES string of the molecule is C=C/C(=C\C=C\NC(=O)c1ccc(Cl)c(Br)c1)OC(F)(F)F. The van der Waals surface area contributed by atoms with Gasteiger partial charge in [0.05, 0.1) is 5.02 Å². The van der Waals surface area contributed by atoms with E-state index in [-0.39, 0.29) is 0 Å². The summed E-state index contributed by atoms with van der Waals surface area (Å²) in [4.78, 5) is 11.8. The van der Waals surface area contributed by atoms with Gasteiger partial charge in [0.25, 0.3) is 5.91 Å². The molecule has 8 heteroatoms. The quantitative estimate of drug-likeness (QED) is 0.565.